The summed E-state index contributed by atoms with van der Waals surface area (Å²) in [5.41, 5.74) is -0.630. The van der Waals surface area contributed by atoms with Gasteiger partial charge in [0, 0.05) is 30.3 Å². The molecule has 1 aromatic carbocycles. The standard InChI is InChI=1S/C13H12FN3O3S/c1-8-15-6-10(21-8)7-16(2)13(18)11-5-9(17(19)20)3-4-12(11)14/h3-6H,7H2,1-2H3. The summed E-state index contributed by atoms with van der Waals surface area (Å²) in [6.45, 7) is 2.11. The van der Waals surface area contributed by atoms with Crippen LogP contribution in [0.3, 0.4) is 0 Å². The molecule has 2 aromatic rings. The van der Waals surface area contributed by atoms with Gasteiger partial charge in [-0.25, -0.2) is 9.37 Å². The predicted octanol–water partition coefficient (Wildman–Crippen LogP) is 2.77. The first-order valence-electron chi connectivity index (χ1n) is 5.99. The van der Waals surface area contributed by atoms with Gasteiger partial charge >= 0.3 is 0 Å². The molecule has 0 bridgehead atoms. The molecule has 0 saturated carbocycles. The summed E-state index contributed by atoms with van der Waals surface area (Å²) < 4.78 is 13.7. The van der Waals surface area contributed by atoms with E-state index in [-0.39, 0.29) is 17.8 Å². The second-order valence-corrected chi connectivity index (χ2v) is 5.75. The molecular formula is C13H12FN3O3S. The van der Waals surface area contributed by atoms with Gasteiger partial charge in [-0.1, -0.05) is 0 Å². The van der Waals surface area contributed by atoms with Crippen LogP contribution in [0.5, 0.6) is 0 Å². The second-order valence-electron chi connectivity index (χ2n) is 4.43. The maximum absolute atomic E-state index is 13.7. The van der Waals surface area contributed by atoms with Crippen molar-refractivity contribution in [2.24, 2.45) is 0 Å². The molecule has 0 spiro atoms. The SMILES string of the molecule is Cc1ncc(CN(C)C(=O)c2cc([N+](=O)[O-])ccc2F)s1. The van der Waals surface area contributed by atoms with Crippen molar-refractivity contribution in [1.82, 2.24) is 9.88 Å². The number of aryl methyl sites for hydroxylation is 1. The van der Waals surface area contributed by atoms with Gasteiger partial charge in [0.2, 0.25) is 0 Å². The Hall–Kier alpha value is -2.35. The summed E-state index contributed by atoms with van der Waals surface area (Å²) in [5.74, 6) is -1.39. The first-order valence-corrected chi connectivity index (χ1v) is 6.81. The first-order chi connectivity index (χ1) is 9.88. The van der Waals surface area contributed by atoms with Crippen molar-refractivity contribution in [3.8, 4) is 0 Å². The van der Waals surface area contributed by atoms with Gasteiger partial charge in [-0.2, -0.15) is 0 Å². The highest BCUT2D eigenvalue weighted by molar-refractivity contribution is 7.11. The quantitative estimate of drug-likeness (QED) is 0.643. The normalized spacial score (nSPS) is 10.4. The smallest absolute Gasteiger partial charge is 0.270 e. The minimum Gasteiger partial charge on any atom is -0.336 e. The van der Waals surface area contributed by atoms with Gasteiger partial charge in [0.05, 0.1) is 22.0 Å². The molecule has 0 aliphatic rings. The summed E-state index contributed by atoms with van der Waals surface area (Å²) in [5, 5.41) is 11.6. The summed E-state index contributed by atoms with van der Waals surface area (Å²) in [6.07, 6.45) is 1.65. The maximum Gasteiger partial charge on any atom is 0.270 e. The molecule has 1 amide bonds. The molecule has 0 aliphatic carbocycles. The molecule has 21 heavy (non-hydrogen) atoms. The third-order valence-electron chi connectivity index (χ3n) is 2.80. The maximum atomic E-state index is 13.7. The molecule has 0 atom stereocenters. The van der Waals surface area contributed by atoms with E-state index in [1.54, 1.807) is 6.20 Å². The van der Waals surface area contributed by atoms with Crippen molar-refractivity contribution in [3.63, 3.8) is 0 Å². The highest BCUT2D eigenvalue weighted by Gasteiger charge is 2.20. The zero-order chi connectivity index (χ0) is 15.6. The summed E-state index contributed by atoms with van der Waals surface area (Å²) in [7, 11) is 1.51. The molecule has 1 heterocycles. The third kappa shape index (κ3) is 3.40. The number of carbonyl (C=O) groups excluding carboxylic acids is 1. The Labute approximate surface area is 124 Å². The zero-order valence-corrected chi connectivity index (χ0v) is 12.2. The number of rotatable bonds is 4. The second kappa shape index (κ2) is 5.96. The average molecular weight is 309 g/mol. The molecule has 8 heteroatoms. The first kappa shape index (κ1) is 15.0. The Kier molecular flexibility index (Phi) is 4.27. The van der Waals surface area contributed by atoms with Gasteiger partial charge in [-0.15, -0.1) is 11.3 Å². The van der Waals surface area contributed by atoms with Crippen molar-refractivity contribution in [2.45, 2.75) is 13.5 Å². The van der Waals surface area contributed by atoms with Crippen LogP contribution < -0.4 is 0 Å². The van der Waals surface area contributed by atoms with E-state index in [1.807, 2.05) is 6.92 Å². The van der Waals surface area contributed by atoms with Gasteiger partial charge in [0.15, 0.2) is 0 Å². The lowest BCUT2D eigenvalue weighted by Crippen LogP contribution is -2.26. The highest BCUT2D eigenvalue weighted by atomic mass is 32.1. The van der Waals surface area contributed by atoms with E-state index in [9.17, 15) is 19.3 Å². The molecule has 0 N–H and O–H groups in total. The van der Waals surface area contributed by atoms with Crippen LogP contribution in [0.15, 0.2) is 24.4 Å². The highest BCUT2D eigenvalue weighted by Crippen LogP contribution is 2.20. The number of carbonyl (C=O) groups is 1. The van der Waals surface area contributed by atoms with Gasteiger partial charge < -0.3 is 4.90 Å². The number of amides is 1. The zero-order valence-electron chi connectivity index (χ0n) is 11.4. The van der Waals surface area contributed by atoms with Crippen LogP contribution in [0.1, 0.15) is 20.2 Å². The number of aromatic nitrogens is 1. The van der Waals surface area contributed by atoms with E-state index >= 15 is 0 Å². The molecule has 0 saturated heterocycles. The monoisotopic (exact) mass is 309 g/mol. The number of nitrogens with zero attached hydrogens (tertiary/aromatic N) is 3. The van der Waals surface area contributed by atoms with Crippen molar-refractivity contribution in [2.75, 3.05) is 7.05 Å². The number of halogens is 1. The molecule has 0 fully saturated rings. The van der Waals surface area contributed by atoms with Crippen LogP contribution in [-0.4, -0.2) is 27.8 Å². The van der Waals surface area contributed by atoms with Gasteiger partial charge in [0.1, 0.15) is 5.82 Å². The van der Waals surface area contributed by atoms with Gasteiger partial charge in [0.25, 0.3) is 11.6 Å². The van der Waals surface area contributed by atoms with E-state index in [4.69, 9.17) is 0 Å². The van der Waals surface area contributed by atoms with Crippen molar-refractivity contribution in [1.29, 1.82) is 0 Å². The van der Waals surface area contributed by atoms with Crippen LogP contribution in [0.25, 0.3) is 0 Å². The van der Waals surface area contributed by atoms with Gasteiger partial charge in [-0.05, 0) is 13.0 Å². The van der Waals surface area contributed by atoms with Crippen LogP contribution in [0.4, 0.5) is 10.1 Å². The van der Waals surface area contributed by atoms with E-state index in [2.05, 4.69) is 4.98 Å². The van der Waals surface area contributed by atoms with Crippen molar-refractivity contribution in [3.05, 3.63) is 55.8 Å². The molecule has 0 unspecified atom stereocenters. The molecule has 1 aromatic heterocycles. The molecule has 2 rings (SSSR count). The lowest BCUT2D eigenvalue weighted by molar-refractivity contribution is -0.384. The number of nitro benzene ring substituents is 1. The Morgan fingerprint density at radius 2 is 2.24 bits per heavy atom. The molecule has 110 valence electrons. The van der Waals surface area contributed by atoms with E-state index in [1.165, 1.54) is 23.3 Å². The molecular weight excluding hydrogens is 297 g/mol. The lowest BCUT2D eigenvalue weighted by atomic mass is 10.1. The summed E-state index contributed by atoms with van der Waals surface area (Å²) >= 11 is 1.43. The Morgan fingerprint density at radius 3 is 2.81 bits per heavy atom. The van der Waals surface area contributed by atoms with Crippen LogP contribution in [0, 0.1) is 22.9 Å². The topological polar surface area (TPSA) is 76.3 Å². The predicted molar refractivity (Wildman–Crippen MR) is 75.7 cm³/mol. The number of benzene rings is 1. The lowest BCUT2D eigenvalue weighted by Gasteiger charge is -2.16. The minimum absolute atomic E-state index is 0.270. The number of hydrogen-bond donors (Lipinski definition) is 0. The van der Waals surface area contributed by atoms with Crippen molar-refractivity contribution < 1.29 is 14.1 Å². The fourth-order valence-electron chi connectivity index (χ4n) is 1.78. The molecule has 0 aliphatic heterocycles. The fraction of sp³-hybridized carbons (Fsp3) is 0.231. The van der Waals surface area contributed by atoms with Crippen LogP contribution >= 0.6 is 11.3 Å². The van der Waals surface area contributed by atoms with E-state index in [0.717, 1.165) is 28.1 Å². The fourth-order valence-corrected chi connectivity index (χ4v) is 2.63. The van der Waals surface area contributed by atoms with E-state index in [0.29, 0.717) is 0 Å². The number of nitro groups is 1. The molecule has 0 radical (unpaired) electrons. The van der Waals surface area contributed by atoms with E-state index < -0.39 is 16.6 Å². The van der Waals surface area contributed by atoms with Crippen molar-refractivity contribution >= 4 is 22.9 Å². The Bertz CT molecular complexity index is 702. The van der Waals surface area contributed by atoms with Crippen LogP contribution in [0.2, 0.25) is 0 Å². The van der Waals surface area contributed by atoms with Gasteiger partial charge in [-0.3, -0.25) is 14.9 Å². The van der Waals surface area contributed by atoms with Crippen LogP contribution in [-0.2, 0) is 6.54 Å². The molecule has 6 nitrogen and oxygen atoms in total. The third-order valence-corrected chi connectivity index (χ3v) is 3.70. The summed E-state index contributed by atoms with van der Waals surface area (Å²) in [6, 6.07) is 2.90. The Morgan fingerprint density at radius 1 is 1.52 bits per heavy atom. The largest absolute Gasteiger partial charge is 0.336 e. The minimum atomic E-state index is -0.780. The average Bonchev–Trinajstić information content (AvgIpc) is 2.83. The number of thiazole rings is 1. The summed E-state index contributed by atoms with van der Waals surface area (Å²) in [4.78, 5) is 28.5. The number of non-ortho nitro benzene ring substituents is 1. The Balaban J connectivity index is 2.22. The number of hydrogen-bond acceptors (Lipinski definition) is 5.